The minimum absolute atomic E-state index is 0.211. The number of rotatable bonds is 9. The minimum atomic E-state index is -0.496. The van der Waals surface area contributed by atoms with Gasteiger partial charge in [0.1, 0.15) is 13.2 Å². The fraction of sp³-hybridized carbons (Fsp3) is 0.368. The molecule has 0 fully saturated rings. The highest BCUT2D eigenvalue weighted by molar-refractivity contribution is 7.09. The van der Waals surface area contributed by atoms with Crippen molar-refractivity contribution in [3.63, 3.8) is 0 Å². The number of hydrogen-bond donors (Lipinski definition) is 3. The molecule has 0 aliphatic rings. The summed E-state index contributed by atoms with van der Waals surface area (Å²) in [6.45, 7) is 4.10. The predicted octanol–water partition coefficient (Wildman–Crippen LogP) is 1.20. The Labute approximate surface area is 163 Å². The van der Waals surface area contributed by atoms with Crippen LogP contribution in [0.15, 0.2) is 35.7 Å². The number of carbonyl (C=O) groups excluding carboxylic acids is 2. The predicted molar refractivity (Wildman–Crippen MR) is 104 cm³/mol. The van der Waals surface area contributed by atoms with Crippen LogP contribution in [0, 0.1) is 0 Å². The van der Waals surface area contributed by atoms with E-state index >= 15 is 0 Å². The van der Waals surface area contributed by atoms with Crippen LogP contribution in [0.2, 0.25) is 0 Å². The first kappa shape index (κ1) is 20.7. The van der Waals surface area contributed by atoms with E-state index in [0.29, 0.717) is 24.7 Å². The molecule has 0 radical (unpaired) electrons. The van der Waals surface area contributed by atoms with Gasteiger partial charge in [-0.3, -0.25) is 10.1 Å². The lowest BCUT2D eigenvalue weighted by Gasteiger charge is -2.18. The van der Waals surface area contributed by atoms with Crippen LogP contribution in [0.25, 0.3) is 0 Å². The van der Waals surface area contributed by atoms with Crippen molar-refractivity contribution in [1.82, 2.24) is 10.6 Å². The Morgan fingerprint density at radius 3 is 2.67 bits per heavy atom. The SMILES string of the molecule is CC[NH+](CC(=O)NC(=O)NC)Cc1ccc(OCc2cccs2)c(OC)c1. The van der Waals surface area contributed by atoms with E-state index in [0.717, 1.165) is 21.9 Å². The summed E-state index contributed by atoms with van der Waals surface area (Å²) < 4.78 is 11.3. The van der Waals surface area contributed by atoms with Crippen molar-refractivity contribution in [3.8, 4) is 11.5 Å². The number of urea groups is 1. The number of thiophene rings is 1. The van der Waals surface area contributed by atoms with Gasteiger partial charge in [-0.2, -0.15) is 0 Å². The van der Waals surface area contributed by atoms with Gasteiger partial charge in [-0.15, -0.1) is 11.3 Å². The first-order valence-electron chi connectivity index (χ1n) is 8.73. The number of benzene rings is 1. The van der Waals surface area contributed by atoms with Crippen molar-refractivity contribution in [1.29, 1.82) is 0 Å². The quantitative estimate of drug-likeness (QED) is 0.599. The second-order valence-corrected chi connectivity index (χ2v) is 6.97. The first-order chi connectivity index (χ1) is 13.0. The highest BCUT2D eigenvalue weighted by Crippen LogP contribution is 2.29. The van der Waals surface area contributed by atoms with Crippen LogP contribution in [0.4, 0.5) is 4.79 Å². The summed E-state index contributed by atoms with van der Waals surface area (Å²) in [6, 6.07) is 9.31. The molecule has 1 unspecified atom stereocenters. The molecule has 0 saturated carbocycles. The monoisotopic (exact) mass is 392 g/mol. The molecule has 1 heterocycles. The second kappa shape index (κ2) is 10.5. The number of hydrogen-bond acceptors (Lipinski definition) is 5. The molecule has 1 atom stereocenters. The van der Waals surface area contributed by atoms with E-state index in [2.05, 4.69) is 10.6 Å². The van der Waals surface area contributed by atoms with E-state index in [-0.39, 0.29) is 12.5 Å². The number of methoxy groups -OCH3 is 1. The Balaban J connectivity index is 1.98. The van der Waals surface area contributed by atoms with Gasteiger partial charge in [-0.1, -0.05) is 6.07 Å². The lowest BCUT2D eigenvalue weighted by molar-refractivity contribution is -0.904. The number of amides is 3. The highest BCUT2D eigenvalue weighted by Gasteiger charge is 2.16. The number of imide groups is 1. The van der Waals surface area contributed by atoms with Crippen LogP contribution in [0.3, 0.4) is 0 Å². The molecule has 8 heteroatoms. The molecule has 0 aliphatic heterocycles. The molecule has 0 spiro atoms. The van der Waals surface area contributed by atoms with Gasteiger partial charge >= 0.3 is 6.03 Å². The van der Waals surface area contributed by atoms with E-state index in [1.165, 1.54) is 7.05 Å². The number of likely N-dealkylation sites (N-methyl/N-ethyl adjacent to an activating group) is 1. The topological polar surface area (TPSA) is 81.1 Å². The molecule has 3 amide bonds. The molecule has 1 aromatic heterocycles. The van der Waals surface area contributed by atoms with Gasteiger partial charge < -0.3 is 19.7 Å². The molecule has 0 bridgehead atoms. The molecule has 146 valence electrons. The zero-order chi connectivity index (χ0) is 19.6. The van der Waals surface area contributed by atoms with Crippen LogP contribution in [-0.2, 0) is 17.9 Å². The number of quaternary nitrogens is 1. The van der Waals surface area contributed by atoms with Gasteiger partial charge in [0, 0.05) is 17.5 Å². The Hall–Kier alpha value is -2.58. The Bertz CT molecular complexity index is 749. The fourth-order valence-electron chi connectivity index (χ4n) is 2.55. The second-order valence-electron chi connectivity index (χ2n) is 5.94. The standard InChI is InChI=1S/C19H25N3O4S/c1-4-22(12-18(23)21-19(24)20-2)11-14-7-8-16(17(10-14)25-3)26-13-15-6-5-9-27-15/h5-10H,4,11-13H2,1-3H3,(H2,20,21,23,24)/p+1. The van der Waals surface area contributed by atoms with E-state index in [9.17, 15) is 9.59 Å². The third kappa shape index (κ3) is 6.58. The average Bonchev–Trinajstić information content (AvgIpc) is 3.19. The van der Waals surface area contributed by atoms with Crippen molar-refractivity contribution in [2.75, 3.05) is 27.2 Å². The molecule has 0 saturated heterocycles. The van der Waals surface area contributed by atoms with Crippen molar-refractivity contribution >= 4 is 23.3 Å². The van der Waals surface area contributed by atoms with Crippen LogP contribution in [0.5, 0.6) is 11.5 Å². The maximum atomic E-state index is 11.9. The zero-order valence-electron chi connectivity index (χ0n) is 15.8. The largest absolute Gasteiger partial charge is 0.493 e. The summed E-state index contributed by atoms with van der Waals surface area (Å²) in [6.07, 6.45) is 0. The van der Waals surface area contributed by atoms with Crippen LogP contribution in [-0.4, -0.2) is 39.2 Å². The maximum Gasteiger partial charge on any atom is 0.321 e. The fourth-order valence-corrected chi connectivity index (χ4v) is 3.16. The van der Waals surface area contributed by atoms with Crippen LogP contribution < -0.4 is 25.0 Å². The van der Waals surface area contributed by atoms with Crippen LogP contribution >= 0.6 is 11.3 Å². The summed E-state index contributed by atoms with van der Waals surface area (Å²) in [4.78, 5) is 25.3. The minimum Gasteiger partial charge on any atom is -0.493 e. The van der Waals surface area contributed by atoms with Crippen molar-refractivity contribution in [2.45, 2.75) is 20.1 Å². The first-order valence-corrected chi connectivity index (χ1v) is 9.60. The molecule has 2 rings (SSSR count). The average molecular weight is 393 g/mol. The van der Waals surface area contributed by atoms with Crippen molar-refractivity contribution in [2.24, 2.45) is 0 Å². The van der Waals surface area contributed by atoms with Gasteiger partial charge in [-0.25, -0.2) is 4.79 Å². The van der Waals surface area contributed by atoms with Gasteiger partial charge in [0.2, 0.25) is 0 Å². The number of ether oxygens (including phenoxy) is 2. The zero-order valence-corrected chi connectivity index (χ0v) is 16.7. The van der Waals surface area contributed by atoms with E-state index in [1.807, 2.05) is 42.6 Å². The smallest absolute Gasteiger partial charge is 0.321 e. The molecule has 3 N–H and O–H groups in total. The molecule has 7 nitrogen and oxygen atoms in total. The summed E-state index contributed by atoms with van der Waals surface area (Å²) >= 11 is 1.65. The third-order valence-corrected chi connectivity index (χ3v) is 4.87. The number of carbonyl (C=O) groups is 2. The van der Waals surface area contributed by atoms with Gasteiger partial charge in [0.05, 0.1) is 13.7 Å². The molecule has 1 aromatic carbocycles. The Morgan fingerprint density at radius 1 is 1.22 bits per heavy atom. The molecular formula is C19H26N3O4S+. The molecular weight excluding hydrogens is 366 g/mol. The van der Waals surface area contributed by atoms with Gasteiger partial charge in [-0.05, 0) is 36.6 Å². The molecule has 2 aromatic rings. The number of nitrogens with one attached hydrogen (secondary N) is 3. The highest BCUT2D eigenvalue weighted by atomic mass is 32.1. The summed E-state index contributed by atoms with van der Waals surface area (Å²) in [5.41, 5.74) is 1.03. The van der Waals surface area contributed by atoms with Gasteiger partial charge in [0.15, 0.2) is 18.0 Å². The Morgan fingerprint density at radius 2 is 2.04 bits per heavy atom. The summed E-state index contributed by atoms with van der Waals surface area (Å²) in [7, 11) is 3.08. The summed E-state index contributed by atoms with van der Waals surface area (Å²) in [5.74, 6) is 1.04. The Kier molecular flexibility index (Phi) is 8.09. The van der Waals surface area contributed by atoms with Gasteiger partial charge in [0.25, 0.3) is 5.91 Å². The van der Waals surface area contributed by atoms with Crippen molar-refractivity contribution in [3.05, 3.63) is 46.2 Å². The van der Waals surface area contributed by atoms with E-state index in [4.69, 9.17) is 9.47 Å². The maximum absolute atomic E-state index is 11.9. The third-order valence-electron chi connectivity index (χ3n) is 4.02. The van der Waals surface area contributed by atoms with Crippen LogP contribution in [0.1, 0.15) is 17.4 Å². The lowest BCUT2D eigenvalue weighted by atomic mass is 10.2. The molecule has 0 aliphatic carbocycles. The lowest BCUT2D eigenvalue weighted by Crippen LogP contribution is -3.11. The van der Waals surface area contributed by atoms with E-state index in [1.54, 1.807) is 18.4 Å². The normalized spacial score (nSPS) is 11.5. The van der Waals surface area contributed by atoms with E-state index < -0.39 is 6.03 Å². The summed E-state index contributed by atoms with van der Waals surface area (Å²) in [5, 5.41) is 6.67. The molecule has 27 heavy (non-hydrogen) atoms. The van der Waals surface area contributed by atoms with Crippen molar-refractivity contribution < 1.29 is 24.0 Å².